The number of rotatable bonds is 5. The number of halogens is 1. The number of imidazole rings is 1. The Kier molecular flexibility index (Phi) is 5.60. The number of anilines is 1. The number of carboxylic acid groups (broad SMARTS) is 1. The maximum atomic E-state index is 12.6. The van der Waals surface area contributed by atoms with E-state index in [4.69, 9.17) is 16.6 Å². The van der Waals surface area contributed by atoms with Gasteiger partial charge in [0.1, 0.15) is 5.82 Å². The van der Waals surface area contributed by atoms with Crippen molar-refractivity contribution in [1.29, 1.82) is 0 Å². The minimum Gasteiger partial charge on any atom is -0.478 e. The lowest BCUT2D eigenvalue weighted by molar-refractivity contribution is 0.0696. The molecule has 33 heavy (non-hydrogen) atoms. The number of benzene rings is 3. The second kappa shape index (κ2) is 8.71. The Labute approximate surface area is 195 Å². The van der Waals surface area contributed by atoms with Crippen molar-refractivity contribution in [3.8, 4) is 11.4 Å². The summed E-state index contributed by atoms with van der Waals surface area (Å²) in [7, 11) is 0. The molecule has 1 amide bonds. The van der Waals surface area contributed by atoms with Crippen molar-refractivity contribution in [3.63, 3.8) is 0 Å². The molecule has 1 fully saturated rings. The van der Waals surface area contributed by atoms with Gasteiger partial charge in [0.15, 0.2) is 0 Å². The first-order valence-corrected chi connectivity index (χ1v) is 11.3. The van der Waals surface area contributed by atoms with Crippen molar-refractivity contribution < 1.29 is 14.7 Å². The number of carbonyl (C=O) groups excluding carboxylic acids is 1. The summed E-state index contributed by atoms with van der Waals surface area (Å²) >= 11 is 5.90. The molecule has 1 aliphatic rings. The number of carbonyl (C=O) groups is 2. The van der Waals surface area contributed by atoms with Crippen molar-refractivity contribution in [2.75, 3.05) is 5.32 Å². The van der Waals surface area contributed by atoms with Crippen LogP contribution in [0.5, 0.6) is 0 Å². The summed E-state index contributed by atoms with van der Waals surface area (Å²) < 4.78 is 2.23. The molecule has 5 rings (SSSR count). The first kappa shape index (κ1) is 21.2. The molecule has 2 N–H and O–H groups in total. The summed E-state index contributed by atoms with van der Waals surface area (Å²) in [5, 5.41) is 12.8. The summed E-state index contributed by atoms with van der Waals surface area (Å²) in [5.41, 5.74) is 3.92. The molecule has 0 spiro atoms. The molecule has 6 nitrogen and oxygen atoms in total. The van der Waals surface area contributed by atoms with Crippen molar-refractivity contribution >= 4 is 40.2 Å². The Morgan fingerprint density at radius 2 is 1.61 bits per heavy atom. The minimum absolute atomic E-state index is 0.209. The molecule has 1 aliphatic carbocycles. The molecule has 0 radical (unpaired) electrons. The van der Waals surface area contributed by atoms with Gasteiger partial charge in [-0.2, -0.15) is 0 Å². The molecule has 1 aromatic heterocycles. The van der Waals surface area contributed by atoms with Gasteiger partial charge in [-0.3, -0.25) is 4.79 Å². The first-order valence-electron chi connectivity index (χ1n) is 10.9. The van der Waals surface area contributed by atoms with Gasteiger partial charge < -0.3 is 15.0 Å². The van der Waals surface area contributed by atoms with Crippen molar-refractivity contribution in [2.45, 2.75) is 31.7 Å². The maximum absolute atomic E-state index is 12.6. The summed E-state index contributed by atoms with van der Waals surface area (Å²) in [6.07, 6.45) is 4.48. The zero-order chi connectivity index (χ0) is 22.9. The van der Waals surface area contributed by atoms with E-state index in [1.807, 2.05) is 18.2 Å². The van der Waals surface area contributed by atoms with E-state index in [2.05, 4.69) is 9.88 Å². The molecule has 1 saturated carbocycles. The van der Waals surface area contributed by atoms with Crippen molar-refractivity contribution in [3.05, 3.63) is 82.9 Å². The summed E-state index contributed by atoms with van der Waals surface area (Å²) in [6.45, 7) is 0. The van der Waals surface area contributed by atoms with Crippen LogP contribution < -0.4 is 5.32 Å². The lowest BCUT2D eigenvalue weighted by Gasteiger charge is -2.16. The van der Waals surface area contributed by atoms with Gasteiger partial charge in [0.05, 0.1) is 16.6 Å². The monoisotopic (exact) mass is 459 g/mol. The first-order chi connectivity index (χ1) is 16.0. The van der Waals surface area contributed by atoms with E-state index in [9.17, 15) is 14.7 Å². The molecule has 0 atom stereocenters. The molecule has 0 saturated heterocycles. The SMILES string of the molecule is O=C(O)c1ccc2c(c1)nc(-c1ccc(C(=O)Nc3ccc(Cl)cc3)cc1)n2C1CCCC1. The molecule has 0 unspecified atom stereocenters. The largest absolute Gasteiger partial charge is 0.478 e. The number of nitrogens with one attached hydrogen (secondary N) is 1. The van der Waals surface area contributed by atoms with E-state index in [1.165, 1.54) is 12.8 Å². The number of hydrogen-bond donors (Lipinski definition) is 2. The third kappa shape index (κ3) is 4.22. The normalized spacial score (nSPS) is 14.0. The van der Waals surface area contributed by atoms with Gasteiger partial charge in [0.25, 0.3) is 5.91 Å². The molecular formula is C26H22ClN3O3. The molecule has 1 heterocycles. The number of amides is 1. The fourth-order valence-electron chi connectivity index (χ4n) is 4.47. The van der Waals surface area contributed by atoms with Crippen LogP contribution in [0, 0.1) is 0 Å². The Hall–Kier alpha value is -3.64. The molecule has 7 heteroatoms. The van der Waals surface area contributed by atoms with Gasteiger partial charge in [0, 0.05) is 27.9 Å². The van der Waals surface area contributed by atoms with E-state index < -0.39 is 5.97 Å². The van der Waals surface area contributed by atoms with Crippen molar-refractivity contribution in [1.82, 2.24) is 9.55 Å². The Balaban J connectivity index is 1.49. The average molecular weight is 460 g/mol. The van der Waals surface area contributed by atoms with Gasteiger partial charge in [0.2, 0.25) is 0 Å². The Morgan fingerprint density at radius 3 is 2.27 bits per heavy atom. The number of fused-ring (bicyclic) bond motifs is 1. The quantitative estimate of drug-likeness (QED) is 0.360. The Bertz CT molecular complexity index is 1340. The van der Waals surface area contributed by atoms with E-state index in [0.717, 1.165) is 29.7 Å². The van der Waals surface area contributed by atoms with Crippen LogP contribution in [0.1, 0.15) is 52.4 Å². The van der Waals surface area contributed by atoms with Crippen LogP contribution in [-0.2, 0) is 0 Å². The van der Waals surface area contributed by atoms with Gasteiger partial charge in [-0.15, -0.1) is 0 Å². The summed E-state index contributed by atoms with van der Waals surface area (Å²) in [4.78, 5) is 28.9. The maximum Gasteiger partial charge on any atom is 0.335 e. The van der Waals surface area contributed by atoms with E-state index in [0.29, 0.717) is 27.8 Å². The second-order valence-corrected chi connectivity index (χ2v) is 8.73. The minimum atomic E-state index is -0.968. The van der Waals surface area contributed by atoms with Crippen LogP contribution >= 0.6 is 11.6 Å². The van der Waals surface area contributed by atoms with E-state index in [-0.39, 0.29) is 11.5 Å². The predicted molar refractivity (Wildman–Crippen MR) is 129 cm³/mol. The molecule has 0 bridgehead atoms. The van der Waals surface area contributed by atoms with Gasteiger partial charge >= 0.3 is 5.97 Å². The smallest absolute Gasteiger partial charge is 0.335 e. The highest BCUT2D eigenvalue weighted by molar-refractivity contribution is 6.30. The molecule has 3 aromatic carbocycles. The molecule has 0 aliphatic heterocycles. The number of aromatic nitrogens is 2. The summed E-state index contributed by atoms with van der Waals surface area (Å²) in [5.74, 6) is -0.381. The number of hydrogen-bond acceptors (Lipinski definition) is 3. The third-order valence-electron chi connectivity index (χ3n) is 6.13. The van der Waals surface area contributed by atoms with Crippen LogP contribution in [0.3, 0.4) is 0 Å². The predicted octanol–water partition coefficient (Wildman–Crippen LogP) is 6.42. The second-order valence-electron chi connectivity index (χ2n) is 8.29. The fraction of sp³-hybridized carbons (Fsp3) is 0.192. The van der Waals surface area contributed by atoms with Gasteiger partial charge in [-0.1, -0.05) is 36.6 Å². The number of carboxylic acids is 1. The van der Waals surface area contributed by atoms with Gasteiger partial charge in [-0.05, 0) is 67.4 Å². The topological polar surface area (TPSA) is 84.2 Å². The van der Waals surface area contributed by atoms with Crippen LogP contribution in [0.15, 0.2) is 66.7 Å². The van der Waals surface area contributed by atoms with Crippen LogP contribution in [0.25, 0.3) is 22.4 Å². The molecule has 4 aromatic rings. The third-order valence-corrected chi connectivity index (χ3v) is 6.39. The number of aromatic carboxylic acids is 1. The molecular weight excluding hydrogens is 438 g/mol. The zero-order valence-electron chi connectivity index (χ0n) is 17.8. The highest BCUT2D eigenvalue weighted by atomic mass is 35.5. The number of nitrogens with zero attached hydrogens (tertiary/aromatic N) is 2. The zero-order valence-corrected chi connectivity index (χ0v) is 18.5. The van der Waals surface area contributed by atoms with Gasteiger partial charge in [-0.25, -0.2) is 9.78 Å². The Morgan fingerprint density at radius 1 is 0.939 bits per heavy atom. The van der Waals surface area contributed by atoms with E-state index in [1.54, 1.807) is 48.5 Å². The fourth-order valence-corrected chi connectivity index (χ4v) is 4.60. The highest BCUT2D eigenvalue weighted by Crippen LogP contribution is 2.37. The average Bonchev–Trinajstić information content (AvgIpc) is 3.47. The lowest BCUT2D eigenvalue weighted by Crippen LogP contribution is -2.11. The van der Waals surface area contributed by atoms with Crippen LogP contribution in [0.2, 0.25) is 5.02 Å². The summed E-state index contributed by atoms with van der Waals surface area (Å²) in [6, 6.07) is 19.7. The standard InChI is InChI=1S/C26H22ClN3O3/c27-19-10-12-20(13-11-19)28-25(31)17-7-5-16(6-8-17)24-29-22-15-18(26(32)33)9-14-23(22)30(24)21-3-1-2-4-21/h5-15,21H,1-4H2,(H,28,31)(H,32,33). The highest BCUT2D eigenvalue weighted by Gasteiger charge is 2.24. The van der Waals surface area contributed by atoms with Crippen molar-refractivity contribution in [2.24, 2.45) is 0 Å². The van der Waals surface area contributed by atoms with E-state index >= 15 is 0 Å². The lowest BCUT2D eigenvalue weighted by atomic mass is 10.1. The van der Waals surface area contributed by atoms with Crippen LogP contribution in [0.4, 0.5) is 5.69 Å². The molecule has 166 valence electrons. The van der Waals surface area contributed by atoms with Crippen LogP contribution in [-0.4, -0.2) is 26.5 Å².